The van der Waals surface area contributed by atoms with Gasteiger partial charge in [0.15, 0.2) is 0 Å². The lowest BCUT2D eigenvalue weighted by Crippen LogP contribution is -2.10. The van der Waals surface area contributed by atoms with E-state index in [-0.39, 0.29) is 0 Å². The SMILES string of the molecule is CNCCc1nnc(-c2ccccc2OC)o1. The number of methoxy groups -OCH3 is 1. The lowest BCUT2D eigenvalue weighted by atomic mass is 10.2. The van der Waals surface area contributed by atoms with Crippen LogP contribution < -0.4 is 10.1 Å². The Morgan fingerprint density at radius 3 is 2.88 bits per heavy atom. The molecule has 5 nitrogen and oxygen atoms in total. The Labute approximate surface area is 99.8 Å². The molecule has 1 aromatic heterocycles. The molecule has 0 fully saturated rings. The molecular formula is C12H15N3O2. The summed E-state index contributed by atoms with van der Waals surface area (Å²) in [4.78, 5) is 0. The zero-order valence-electron chi connectivity index (χ0n) is 9.93. The third-order valence-electron chi connectivity index (χ3n) is 2.39. The van der Waals surface area contributed by atoms with E-state index in [9.17, 15) is 0 Å². The van der Waals surface area contributed by atoms with Crippen molar-refractivity contribution in [2.75, 3.05) is 20.7 Å². The molecule has 2 aromatic rings. The maximum atomic E-state index is 5.57. The fraction of sp³-hybridized carbons (Fsp3) is 0.333. The minimum absolute atomic E-state index is 0.494. The van der Waals surface area contributed by atoms with E-state index in [2.05, 4.69) is 15.5 Å². The van der Waals surface area contributed by atoms with Crippen LogP contribution in [0.5, 0.6) is 5.75 Å². The first kappa shape index (κ1) is 11.6. The van der Waals surface area contributed by atoms with Crippen molar-refractivity contribution in [3.05, 3.63) is 30.2 Å². The number of nitrogens with one attached hydrogen (secondary N) is 1. The fourth-order valence-corrected chi connectivity index (χ4v) is 1.52. The molecule has 0 amide bonds. The van der Waals surface area contributed by atoms with Crippen molar-refractivity contribution in [3.8, 4) is 17.2 Å². The van der Waals surface area contributed by atoms with Crippen LogP contribution in [0.15, 0.2) is 28.7 Å². The fourth-order valence-electron chi connectivity index (χ4n) is 1.52. The Morgan fingerprint density at radius 2 is 2.12 bits per heavy atom. The molecule has 0 spiro atoms. The van der Waals surface area contributed by atoms with Crippen LogP contribution in [-0.4, -0.2) is 30.9 Å². The summed E-state index contributed by atoms with van der Waals surface area (Å²) in [6, 6.07) is 7.58. The Kier molecular flexibility index (Phi) is 3.72. The van der Waals surface area contributed by atoms with Gasteiger partial charge < -0.3 is 14.5 Å². The van der Waals surface area contributed by atoms with Crippen molar-refractivity contribution in [2.24, 2.45) is 0 Å². The topological polar surface area (TPSA) is 60.2 Å². The van der Waals surface area contributed by atoms with Gasteiger partial charge in [0.05, 0.1) is 12.7 Å². The van der Waals surface area contributed by atoms with Crippen LogP contribution in [-0.2, 0) is 6.42 Å². The first-order valence-electron chi connectivity index (χ1n) is 5.45. The van der Waals surface area contributed by atoms with Gasteiger partial charge in [-0.2, -0.15) is 0 Å². The Hall–Kier alpha value is -1.88. The third-order valence-corrected chi connectivity index (χ3v) is 2.39. The zero-order chi connectivity index (χ0) is 12.1. The van der Waals surface area contributed by atoms with Crippen molar-refractivity contribution < 1.29 is 9.15 Å². The quantitative estimate of drug-likeness (QED) is 0.848. The van der Waals surface area contributed by atoms with Crippen LogP contribution in [0.3, 0.4) is 0 Å². The molecule has 0 aliphatic carbocycles. The minimum Gasteiger partial charge on any atom is -0.496 e. The molecular weight excluding hydrogens is 218 g/mol. The van der Waals surface area contributed by atoms with Crippen molar-refractivity contribution in [3.63, 3.8) is 0 Å². The highest BCUT2D eigenvalue weighted by molar-refractivity contribution is 5.62. The average Bonchev–Trinajstić information content (AvgIpc) is 2.85. The van der Waals surface area contributed by atoms with Gasteiger partial charge in [-0.1, -0.05) is 12.1 Å². The summed E-state index contributed by atoms with van der Waals surface area (Å²) >= 11 is 0. The summed E-state index contributed by atoms with van der Waals surface area (Å²) in [5, 5.41) is 11.1. The predicted molar refractivity (Wildman–Crippen MR) is 63.9 cm³/mol. The summed E-state index contributed by atoms with van der Waals surface area (Å²) in [7, 11) is 3.51. The van der Waals surface area contributed by atoms with Gasteiger partial charge in [0.25, 0.3) is 5.89 Å². The second kappa shape index (κ2) is 5.45. The molecule has 0 bridgehead atoms. The van der Waals surface area contributed by atoms with Crippen molar-refractivity contribution in [1.29, 1.82) is 0 Å². The van der Waals surface area contributed by atoms with E-state index in [1.165, 1.54) is 0 Å². The monoisotopic (exact) mass is 233 g/mol. The van der Waals surface area contributed by atoms with Crippen LogP contribution >= 0.6 is 0 Å². The molecule has 0 aliphatic heterocycles. The largest absolute Gasteiger partial charge is 0.496 e. The summed E-state index contributed by atoms with van der Waals surface area (Å²) in [6.07, 6.45) is 0.721. The van der Waals surface area contributed by atoms with Gasteiger partial charge in [-0.25, -0.2) is 0 Å². The van der Waals surface area contributed by atoms with Gasteiger partial charge in [0, 0.05) is 13.0 Å². The second-order valence-electron chi connectivity index (χ2n) is 3.55. The summed E-state index contributed by atoms with van der Waals surface area (Å²) in [5.41, 5.74) is 0.818. The average molecular weight is 233 g/mol. The zero-order valence-corrected chi connectivity index (χ0v) is 9.93. The predicted octanol–water partition coefficient (Wildman–Crippen LogP) is 1.51. The molecule has 1 heterocycles. The van der Waals surface area contributed by atoms with Crippen LogP contribution in [0.1, 0.15) is 5.89 Å². The van der Waals surface area contributed by atoms with Crippen LogP contribution in [0.25, 0.3) is 11.5 Å². The summed E-state index contributed by atoms with van der Waals surface area (Å²) < 4.78 is 10.8. The lowest BCUT2D eigenvalue weighted by molar-refractivity contribution is 0.413. The summed E-state index contributed by atoms with van der Waals surface area (Å²) in [5.74, 6) is 1.85. The van der Waals surface area contributed by atoms with Gasteiger partial charge in [0.2, 0.25) is 5.89 Å². The normalized spacial score (nSPS) is 10.5. The van der Waals surface area contributed by atoms with Crippen molar-refractivity contribution >= 4 is 0 Å². The number of rotatable bonds is 5. The van der Waals surface area contributed by atoms with Crippen LogP contribution in [0.2, 0.25) is 0 Å². The standard InChI is InChI=1S/C12H15N3O2/c1-13-8-7-11-14-15-12(17-11)9-5-3-4-6-10(9)16-2/h3-6,13H,7-8H2,1-2H3. The molecule has 1 N–H and O–H groups in total. The number of hydrogen-bond donors (Lipinski definition) is 1. The number of ether oxygens (including phenoxy) is 1. The van der Waals surface area contributed by atoms with E-state index in [1.54, 1.807) is 7.11 Å². The third kappa shape index (κ3) is 2.62. The Bertz CT molecular complexity index is 482. The highest BCUT2D eigenvalue weighted by atomic mass is 16.5. The first-order valence-corrected chi connectivity index (χ1v) is 5.45. The van der Waals surface area contributed by atoms with E-state index >= 15 is 0 Å². The Morgan fingerprint density at radius 1 is 1.29 bits per heavy atom. The molecule has 0 saturated carbocycles. The molecule has 0 aliphatic rings. The van der Waals surface area contributed by atoms with Crippen LogP contribution in [0, 0.1) is 0 Å². The highest BCUT2D eigenvalue weighted by Gasteiger charge is 2.12. The molecule has 0 atom stereocenters. The van der Waals surface area contributed by atoms with Gasteiger partial charge in [-0.05, 0) is 19.2 Å². The van der Waals surface area contributed by atoms with E-state index in [4.69, 9.17) is 9.15 Å². The number of aromatic nitrogens is 2. The van der Waals surface area contributed by atoms with E-state index in [1.807, 2.05) is 31.3 Å². The van der Waals surface area contributed by atoms with E-state index in [0.717, 1.165) is 24.3 Å². The van der Waals surface area contributed by atoms with Crippen LogP contribution in [0.4, 0.5) is 0 Å². The first-order chi connectivity index (χ1) is 8.35. The number of hydrogen-bond acceptors (Lipinski definition) is 5. The molecule has 2 rings (SSSR count). The number of nitrogens with zero attached hydrogens (tertiary/aromatic N) is 2. The van der Waals surface area contributed by atoms with Gasteiger partial charge in [-0.15, -0.1) is 10.2 Å². The Balaban J connectivity index is 2.24. The molecule has 90 valence electrons. The highest BCUT2D eigenvalue weighted by Crippen LogP contribution is 2.28. The maximum Gasteiger partial charge on any atom is 0.251 e. The number of benzene rings is 1. The molecule has 0 radical (unpaired) electrons. The molecule has 17 heavy (non-hydrogen) atoms. The minimum atomic E-state index is 0.494. The molecule has 0 unspecified atom stereocenters. The van der Waals surface area contributed by atoms with Gasteiger partial charge in [-0.3, -0.25) is 0 Å². The number of para-hydroxylation sites is 1. The molecule has 0 saturated heterocycles. The second-order valence-corrected chi connectivity index (χ2v) is 3.55. The van der Waals surface area contributed by atoms with Crippen molar-refractivity contribution in [1.82, 2.24) is 15.5 Å². The molecule has 5 heteroatoms. The lowest BCUT2D eigenvalue weighted by Gasteiger charge is -2.03. The van der Waals surface area contributed by atoms with Gasteiger partial charge >= 0.3 is 0 Å². The summed E-state index contributed by atoms with van der Waals surface area (Å²) in [6.45, 7) is 0.813. The molecule has 1 aromatic carbocycles. The van der Waals surface area contributed by atoms with E-state index in [0.29, 0.717) is 11.8 Å². The smallest absolute Gasteiger partial charge is 0.251 e. The van der Waals surface area contributed by atoms with Gasteiger partial charge in [0.1, 0.15) is 5.75 Å². The van der Waals surface area contributed by atoms with E-state index < -0.39 is 0 Å². The maximum absolute atomic E-state index is 5.57. The van der Waals surface area contributed by atoms with Crippen molar-refractivity contribution in [2.45, 2.75) is 6.42 Å². The number of likely N-dealkylation sites (N-methyl/N-ethyl adjacent to an activating group) is 1.